The third-order valence-electron chi connectivity index (χ3n) is 2.27. The van der Waals surface area contributed by atoms with E-state index >= 15 is 0 Å². The Morgan fingerprint density at radius 3 is 2.88 bits per heavy atom. The van der Waals surface area contributed by atoms with Gasteiger partial charge < -0.3 is 10.5 Å². The summed E-state index contributed by atoms with van der Waals surface area (Å²) in [6.45, 7) is 3.73. The molecule has 1 aromatic rings. The van der Waals surface area contributed by atoms with Gasteiger partial charge in [0.15, 0.2) is 0 Å². The lowest BCUT2D eigenvalue weighted by molar-refractivity contribution is -0.147. The van der Waals surface area contributed by atoms with Crippen molar-refractivity contribution in [3.8, 4) is 6.07 Å². The van der Waals surface area contributed by atoms with Crippen molar-refractivity contribution in [3.63, 3.8) is 0 Å². The fourth-order valence-corrected chi connectivity index (χ4v) is 1.14. The van der Waals surface area contributed by atoms with E-state index in [-0.39, 0.29) is 12.5 Å². The van der Waals surface area contributed by atoms with Crippen LogP contribution in [0.1, 0.15) is 25.2 Å². The second kappa shape index (κ2) is 5.97. The molecule has 0 fully saturated rings. The summed E-state index contributed by atoms with van der Waals surface area (Å²) in [6, 6.07) is 6.26. The summed E-state index contributed by atoms with van der Waals surface area (Å²) in [4.78, 5) is 15.5. The lowest BCUT2D eigenvalue weighted by Gasteiger charge is -2.14. The molecule has 5 nitrogen and oxygen atoms in total. The lowest BCUT2D eigenvalue weighted by Crippen LogP contribution is -2.36. The summed E-state index contributed by atoms with van der Waals surface area (Å²) in [5.41, 5.74) is 6.47. The van der Waals surface area contributed by atoms with Gasteiger partial charge in [-0.1, -0.05) is 19.9 Å². The molecule has 0 saturated carbocycles. The van der Waals surface area contributed by atoms with E-state index < -0.39 is 12.0 Å². The van der Waals surface area contributed by atoms with Gasteiger partial charge in [0, 0.05) is 0 Å². The predicted octanol–water partition coefficient (Wildman–Crippen LogP) is 0.980. The minimum absolute atomic E-state index is 0.0286. The quantitative estimate of drug-likeness (QED) is 0.783. The van der Waals surface area contributed by atoms with Gasteiger partial charge in [0.25, 0.3) is 0 Å². The van der Waals surface area contributed by atoms with Crippen molar-refractivity contribution in [3.05, 3.63) is 29.6 Å². The molecule has 1 atom stereocenters. The normalized spacial score (nSPS) is 11.9. The molecule has 0 aromatic carbocycles. The fraction of sp³-hybridized carbons (Fsp3) is 0.417. The molecule has 17 heavy (non-hydrogen) atoms. The molecule has 0 aliphatic heterocycles. The average Bonchev–Trinajstić information content (AvgIpc) is 2.35. The first-order chi connectivity index (χ1) is 8.04. The number of nitriles is 1. The standard InChI is InChI=1S/C12H15N3O2/c1-8(2)11(14)12(16)17-7-10-5-3-4-9(6-13)15-10/h3-5,8,11H,7,14H2,1-2H3/t11-/m0/s1. The Morgan fingerprint density at radius 1 is 1.59 bits per heavy atom. The SMILES string of the molecule is CC(C)[C@H](N)C(=O)OCc1cccc(C#N)n1. The molecular formula is C12H15N3O2. The van der Waals surface area contributed by atoms with Crippen molar-refractivity contribution in [1.29, 1.82) is 5.26 Å². The van der Waals surface area contributed by atoms with E-state index in [1.165, 1.54) is 0 Å². The highest BCUT2D eigenvalue weighted by Crippen LogP contribution is 2.04. The summed E-state index contributed by atoms with van der Waals surface area (Å²) in [6.07, 6.45) is 0. The van der Waals surface area contributed by atoms with Crippen LogP contribution in [0.2, 0.25) is 0 Å². The molecule has 5 heteroatoms. The number of rotatable bonds is 4. The molecule has 0 radical (unpaired) electrons. The average molecular weight is 233 g/mol. The van der Waals surface area contributed by atoms with Gasteiger partial charge in [0.05, 0.1) is 5.69 Å². The second-order valence-corrected chi connectivity index (χ2v) is 4.00. The zero-order valence-electron chi connectivity index (χ0n) is 9.88. The Hall–Kier alpha value is -1.93. The van der Waals surface area contributed by atoms with E-state index in [1.807, 2.05) is 19.9 Å². The van der Waals surface area contributed by atoms with Crippen LogP contribution in [0.5, 0.6) is 0 Å². The molecule has 0 aliphatic carbocycles. The summed E-state index contributed by atoms with van der Waals surface area (Å²) in [5.74, 6) is -0.426. The largest absolute Gasteiger partial charge is 0.458 e. The summed E-state index contributed by atoms with van der Waals surface area (Å²) < 4.78 is 5.01. The monoisotopic (exact) mass is 233 g/mol. The van der Waals surface area contributed by atoms with E-state index in [1.54, 1.807) is 18.2 Å². The third-order valence-corrected chi connectivity index (χ3v) is 2.27. The maximum Gasteiger partial charge on any atom is 0.323 e. The molecule has 0 aliphatic rings. The molecule has 1 heterocycles. The molecular weight excluding hydrogens is 218 g/mol. The van der Waals surface area contributed by atoms with E-state index in [4.69, 9.17) is 15.7 Å². The van der Waals surface area contributed by atoms with Gasteiger partial charge in [-0.3, -0.25) is 4.79 Å². The van der Waals surface area contributed by atoms with Crippen LogP contribution < -0.4 is 5.73 Å². The van der Waals surface area contributed by atoms with Crippen molar-refractivity contribution < 1.29 is 9.53 Å². The van der Waals surface area contributed by atoms with Crippen LogP contribution in [0.4, 0.5) is 0 Å². The predicted molar refractivity (Wildman–Crippen MR) is 61.6 cm³/mol. The number of aromatic nitrogens is 1. The van der Waals surface area contributed by atoms with Gasteiger partial charge in [0.1, 0.15) is 24.4 Å². The molecule has 0 saturated heterocycles. The van der Waals surface area contributed by atoms with Crippen LogP contribution in [0, 0.1) is 17.2 Å². The maximum atomic E-state index is 11.5. The van der Waals surface area contributed by atoms with E-state index in [0.717, 1.165) is 0 Å². The molecule has 1 aromatic heterocycles. The minimum Gasteiger partial charge on any atom is -0.458 e. The molecule has 90 valence electrons. The molecule has 0 spiro atoms. The Balaban J connectivity index is 2.56. The Kier molecular flexibility index (Phi) is 4.61. The smallest absolute Gasteiger partial charge is 0.323 e. The van der Waals surface area contributed by atoms with Crippen molar-refractivity contribution in [2.45, 2.75) is 26.5 Å². The highest BCUT2D eigenvalue weighted by Gasteiger charge is 2.18. The summed E-state index contributed by atoms with van der Waals surface area (Å²) in [7, 11) is 0. The number of carbonyl (C=O) groups excluding carboxylic acids is 1. The maximum absolute atomic E-state index is 11.5. The van der Waals surface area contributed by atoms with Gasteiger partial charge in [-0.05, 0) is 18.1 Å². The molecule has 1 rings (SSSR count). The lowest BCUT2D eigenvalue weighted by atomic mass is 10.1. The number of nitrogens with two attached hydrogens (primary N) is 1. The number of esters is 1. The first-order valence-electron chi connectivity index (χ1n) is 5.33. The van der Waals surface area contributed by atoms with Crippen molar-refractivity contribution in [2.75, 3.05) is 0 Å². The number of hydrogen-bond acceptors (Lipinski definition) is 5. The number of nitrogens with zero attached hydrogens (tertiary/aromatic N) is 2. The van der Waals surface area contributed by atoms with Gasteiger partial charge in [-0.15, -0.1) is 0 Å². The molecule has 2 N–H and O–H groups in total. The Labute approximate surface area is 100 Å². The van der Waals surface area contributed by atoms with Crippen molar-refractivity contribution in [2.24, 2.45) is 11.7 Å². The van der Waals surface area contributed by atoms with Gasteiger partial charge >= 0.3 is 5.97 Å². The van der Waals surface area contributed by atoms with Crippen molar-refractivity contribution in [1.82, 2.24) is 4.98 Å². The first-order valence-corrected chi connectivity index (χ1v) is 5.33. The summed E-state index contributed by atoms with van der Waals surface area (Å²) in [5, 5.41) is 8.66. The van der Waals surface area contributed by atoms with Crippen LogP contribution in [-0.4, -0.2) is 17.0 Å². The Morgan fingerprint density at radius 2 is 2.29 bits per heavy atom. The highest BCUT2D eigenvalue weighted by molar-refractivity contribution is 5.75. The molecule has 0 amide bonds. The third kappa shape index (κ3) is 3.85. The zero-order valence-corrected chi connectivity index (χ0v) is 9.88. The molecule has 0 unspecified atom stereocenters. The topological polar surface area (TPSA) is 89.0 Å². The Bertz CT molecular complexity index is 438. The second-order valence-electron chi connectivity index (χ2n) is 4.00. The van der Waals surface area contributed by atoms with E-state index in [9.17, 15) is 4.79 Å². The number of pyridine rings is 1. The minimum atomic E-state index is -0.630. The van der Waals surface area contributed by atoms with E-state index in [0.29, 0.717) is 11.4 Å². The zero-order chi connectivity index (χ0) is 12.8. The number of hydrogen-bond donors (Lipinski definition) is 1. The van der Waals surface area contributed by atoms with Crippen molar-refractivity contribution >= 4 is 5.97 Å². The van der Waals surface area contributed by atoms with Gasteiger partial charge in [-0.25, -0.2) is 4.98 Å². The van der Waals surface area contributed by atoms with Crippen LogP contribution in [0.3, 0.4) is 0 Å². The molecule has 0 bridgehead atoms. The summed E-state index contributed by atoms with van der Waals surface area (Å²) >= 11 is 0. The number of carbonyl (C=O) groups is 1. The van der Waals surface area contributed by atoms with Crippen LogP contribution in [-0.2, 0) is 16.1 Å². The fourth-order valence-electron chi connectivity index (χ4n) is 1.14. The van der Waals surface area contributed by atoms with E-state index in [2.05, 4.69) is 4.98 Å². The van der Waals surface area contributed by atoms with Gasteiger partial charge in [0.2, 0.25) is 0 Å². The highest BCUT2D eigenvalue weighted by atomic mass is 16.5. The van der Waals surface area contributed by atoms with Crippen LogP contribution in [0.15, 0.2) is 18.2 Å². The van der Waals surface area contributed by atoms with Gasteiger partial charge in [-0.2, -0.15) is 5.26 Å². The van der Waals surface area contributed by atoms with Crippen LogP contribution in [0.25, 0.3) is 0 Å². The first kappa shape index (κ1) is 13.1. The van der Waals surface area contributed by atoms with Crippen LogP contribution >= 0.6 is 0 Å². The number of ether oxygens (including phenoxy) is 1.